The van der Waals surface area contributed by atoms with Crippen LogP contribution in [0.5, 0.6) is 5.75 Å². The standard InChI is InChI=1S/C35H40F6N4O5/c1-6-26-16-27(17-28(14-22-10-8-7-9-11-22)45(26)32(47)50-33(2,3)4)44(31-42-18-29(19-43-31)49-21-30(46)48-5)20-23-12-24(34(36,37)38)15-25(13-23)35(39,40)41/h7-13,15,18-19,26-28H,6,14,16-17,20-21H2,1-5H3/t26-,27+,28+/m1/s1. The maximum Gasteiger partial charge on any atom is 0.416 e. The van der Waals surface area contributed by atoms with Gasteiger partial charge >= 0.3 is 24.4 Å². The Morgan fingerprint density at radius 3 is 1.98 bits per heavy atom. The number of carbonyl (C=O) groups excluding carboxylic acids is 2. The van der Waals surface area contributed by atoms with Crippen LogP contribution in [0.4, 0.5) is 37.1 Å². The number of aromatic nitrogens is 2. The first-order chi connectivity index (χ1) is 23.4. The first kappa shape index (κ1) is 38.2. The molecule has 1 saturated heterocycles. The molecule has 272 valence electrons. The van der Waals surface area contributed by atoms with Gasteiger partial charge in [-0.25, -0.2) is 19.6 Å². The van der Waals surface area contributed by atoms with E-state index in [0.717, 1.165) is 5.56 Å². The zero-order chi connectivity index (χ0) is 36.9. The van der Waals surface area contributed by atoms with Crippen LogP contribution in [0.3, 0.4) is 0 Å². The lowest BCUT2D eigenvalue weighted by Crippen LogP contribution is -2.58. The third-order valence-electron chi connectivity index (χ3n) is 8.16. The van der Waals surface area contributed by atoms with Crippen molar-refractivity contribution in [3.63, 3.8) is 0 Å². The maximum atomic E-state index is 13.8. The summed E-state index contributed by atoms with van der Waals surface area (Å²) >= 11 is 0. The highest BCUT2D eigenvalue weighted by molar-refractivity contribution is 5.71. The molecule has 0 saturated carbocycles. The fourth-order valence-electron chi connectivity index (χ4n) is 5.95. The van der Waals surface area contributed by atoms with Gasteiger partial charge in [-0.3, -0.25) is 0 Å². The Balaban J connectivity index is 1.79. The van der Waals surface area contributed by atoms with E-state index in [1.54, 1.807) is 30.6 Å². The number of anilines is 1. The van der Waals surface area contributed by atoms with Crippen molar-refractivity contribution in [2.75, 3.05) is 18.6 Å². The smallest absolute Gasteiger partial charge is 0.416 e. The minimum Gasteiger partial charge on any atom is -0.479 e. The van der Waals surface area contributed by atoms with E-state index < -0.39 is 72.4 Å². The molecule has 15 heteroatoms. The van der Waals surface area contributed by atoms with Crippen LogP contribution in [-0.2, 0) is 39.6 Å². The molecule has 3 aromatic rings. The Hall–Kier alpha value is -4.56. The van der Waals surface area contributed by atoms with Gasteiger partial charge in [0.15, 0.2) is 12.4 Å². The molecule has 2 heterocycles. The lowest BCUT2D eigenvalue weighted by atomic mass is 9.86. The number of ether oxygens (including phenoxy) is 3. The van der Waals surface area contributed by atoms with Crippen molar-refractivity contribution in [3.05, 3.63) is 83.2 Å². The van der Waals surface area contributed by atoms with Crippen molar-refractivity contribution in [1.82, 2.24) is 14.9 Å². The molecule has 4 rings (SSSR count). The molecule has 0 aliphatic carbocycles. The predicted molar refractivity (Wildman–Crippen MR) is 171 cm³/mol. The topological polar surface area (TPSA) is 94.1 Å². The highest BCUT2D eigenvalue weighted by Crippen LogP contribution is 2.38. The summed E-state index contributed by atoms with van der Waals surface area (Å²) in [7, 11) is 1.18. The van der Waals surface area contributed by atoms with Crippen LogP contribution in [0, 0.1) is 0 Å². The number of piperidine rings is 1. The average Bonchev–Trinajstić information content (AvgIpc) is 3.04. The number of nitrogens with zero attached hydrogens (tertiary/aromatic N) is 4. The van der Waals surface area contributed by atoms with E-state index in [-0.39, 0.29) is 36.2 Å². The number of alkyl halides is 6. The summed E-state index contributed by atoms with van der Waals surface area (Å²) in [6, 6.07) is 9.44. The second-order valence-corrected chi connectivity index (χ2v) is 13.0. The summed E-state index contributed by atoms with van der Waals surface area (Å²) in [5.74, 6) is -0.566. The van der Waals surface area contributed by atoms with Crippen molar-refractivity contribution in [2.45, 2.75) is 96.0 Å². The van der Waals surface area contributed by atoms with Gasteiger partial charge in [0.1, 0.15) is 5.60 Å². The van der Waals surface area contributed by atoms with Crippen molar-refractivity contribution >= 4 is 18.0 Å². The quantitative estimate of drug-likeness (QED) is 0.155. The summed E-state index contributed by atoms with van der Waals surface area (Å²) in [4.78, 5) is 37.2. The molecule has 1 fully saturated rings. The zero-order valence-electron chi connectivity index (χ0n) is 28.3. The number of carbonyl (C=O) groups is 2. The Kier molecular flexibility index (Phi) is 11.9. The van der Waals surface area contributed by atoms with E-state index in [9.17, 15) is 35.9 Å². The molecule has 0 N–H and O–H groups in total. The van der Waals surface area contributed by atoms with Gasteiger partial charge in [-0.2, -0.15) is 26.3 Å². The van der Waals surface area contributed by atoms with Crippen LogP contribution in [0.1, 0.15) is 69.2 Å². The van der Waals surface area contributed by atoms with Gasteiger partial charge in [-0.05, 0) is 75.8 Å². The first-order valence-electron chi connectivity index (χ1n) is 16.0. The van der Waals surface area contributed by atoms with Crippen LogP contribution >= 0.6 is 0 Å². The van der Waals surface area contributed by atoms with Crippen molar-refractivity contribution < 1.29 is 50.1 Å². The van der Waals surface area contributed by atoms with Gasteiger partial charge < -0.3 is 24.0 Å². The number of benzene rings is 2. The highest BCUT2D eigenvalue weighted by atomic mass is 19.4. The van der Waals surface area contributed by atoms with Gasteiger partial charge in [-0.15, -0.1) is 0 Å². The molecule has 1 amide bonds. The molecule has 1 aliphatic heterocycles. The molecule has 50 heavy (non-hydrogen) atoms. The monoisotopic (exact) mass is 710 g/mol. The number of esters is 1. The van der Waals surface area contributed by atoms with Gasteiger partial charge in [0.25, 0.3) is 0 Å². The molecular formula is C35H40F6N4O5. The van der Waals surface area contributed by atoms with Crippen molar-refractivity contribution in [2.24, 2.45) is 0 Å². The fraction of sp³-hybridized carbons (Fsp3) is 0.486. The lowest BCUT2D eigenvalue weighted by molar-refractivity contribution is -0.144. The second kappa shape index (κ2) is 15.5. The highest BCUT2D eigenvalue weighted by Gasteiger charge is 2.43. The largest absolute Gasteiger partial charge is 0.479 e. The van der Waals surface area contributed by atoms with Gasteiger partial charge in [0.2, 0.25) is 5.95 Å². The Labute approximate surface area is 286 Å². The summed E-state index contributed by atoms with van der Waals surface area (Å²) < 4.78 is 98.7. The number of hydrogen-bond acceptors (Lipinski definition) is 8. The van der Waals surface area contributed by atoms with E-state index in [1.165, 1.54) is 19.5 Å². The van der Waals surface area contributed by atoms with Crippen LogP contribution < -0.4 is 9.64 Å². The molecule has 3 atom stereocenters. The van der Waals surface area contributed by atoms with Crippen molar-refractivity contribution in [1.29, 1.82) is 0 Å². The van der Waals surface area contributed by atoms with Gasteiger partial charge in [0.05, 0.1) is 30.6 Å². The molecule has 0 bridgehead atoms. The van der Waals surface area contributed by atoms with Crippen LogP contribution in [0.25, 0.3) is 0 Å². The lowest BCUT2D eigenvalue weighted by Gasteiger charge is -2.48. The minimum absolute atomic E-state index is 0.00502. The van der Waals surface area contributed by atoms with E-state index >= 15 is 0 Å². The van der Waals surface area contributed by atoms with Crippen molar-refractivity contribution in [3.8, 4) is 5.75 Å². The minimum atomic E-state index is -5.04. The Morgan fingerprint density at radius 2 is 1.46 bits per heavy atom. The SMILES string of the molecule is CC[C@@H]1C[C@H](N(Cc2cc(C(F)(F)F)cc(C(F)(F)F)c2)c2ncc(OCC(=O)OC)cn2)C[C@H](Cc2ccccc2)N1C(=O)OC(C)(C)C. The second-order valence-electron chi connectivity index (χ2n) is 13.0. The van der Waals surface area contributed by atoms with Gasteiger partial charge in [0, 0.05) is 24.7 Å². The molecule has 0 unspecified atom stereocenters. The number of halogens is 6. The van der Waals surface area contributed by atoms with E-state index in [2.05, 4.69) is 14.7 Å². The molecule has 1 aromatic heterocycles. The number of amides is 1. The third-order valence-corrected chi connectivity index (χ3v) is 8.16. The summed E-state index contributed by atoms with van der Waals surface area (Å²) in [6.45, 7) is 6.31. The summed E-state index contributed by atoms with van der Waals surface area (Å²) in [5, 5.41) is 0. The van der Waals surface area contributed by atoms with Crippen LogP contribution in [0.15, 0.2) is 60.9 Å². The molecule has 0 radical (unpaired) electrons. The number of hydrogen-bond donors (Lipinski definition) is 0. The zero-order valence-corrected chi connectivity index (χ0v) is 28.3. The summed E-state index contributed by atoms with van der Waals surface area (Å²) in [5.41, 5.74) is -3.01. The average molecular weight is 711 g/mol. The van der Waals surface area contributed by atoms with Crippen LogP contribution in [-0.4, -0.2) is 64.4 Å². The summed E-state index contributed by atoms with van der Waals surface area (Å²) in [6.07, 6.45) is -6.66. The predicted octanol–water partition coefficient (Wildman–Crippen LogP) is 7.86. The molecule has 9 nitrogen and oxygen atoms in total. The molecule has 1 aliphatic rings. The number of likely N-dealkylation sites (tertiary alicyclic amines) is 1. The number of methoxy groups -OCH3 is 1. The van der Waals surface area contributed by atoms with Crippen LogP contribution in [0.2, 0.25) is 0 Å². The van der Waals surface area contributed by atoms with E-state index in [4.69, 9.17) is 9.47 Å². The Morgan fingerprint density at radius 1 is 0.880 bits per heavy atom. The van der Waals surface area contributed by atoms with Gasteiger partial charge in [-0.1, -0.05) is 37.3 Å². The molecular weight excluding hydrogens is 670 g/mol. The number of rotatable bonds is 10. The van der Waals surface area contributed by atoms with E-state index in [0.29, 0.717) is 25.0 Å². The normalized spacial score (nSPS) is 18.4. The maximum absolute atomic E-state index is 13.8. The third kappa shape index (κ3) is 10.2. The first-order valence-corrected chi connectivity index (χ1v) is 16.0. The Bertz CT molecular complexity index is 1560. The molecule has 2 aromatic carbocycles. The van der Waals surface area contributed by atoms with E-state index in [1.807, 2.05) is 37.3 Å². The fourth-order valence-corrected chi connectivity index (χ4v) is 5.95. The molecule has 0 spiro atoms.